The van der Waals surface area contributed by atoms with E-state index in [4.69, 9.17) is 18.9 Å². The number of rotatable bonds is 11. The number of hydrogen-bond acceptors (Lipinski definition) is 6. The number of hydrogen-bond donors (Lipinski definition) is 2. The van der Waals surface area contributed by atoms with Crippen molar-refractivity contribution < 1.29 is 24.1 Å². The molecule has 0 saturated carbocycles. The number of methoxy groups -OCH3 is 1. The van der Waals surface area contributed by atoms with E-state index in [1.54, 1.807) is 7.11 Å². The van der Waals surface area contributed by atoms with E-state index in [0.717, 1.165) is 13.0 Å². The van der Waals surface area contributed by atoms with Crippen LogP contribution in [0.25, 0.3) is 0 Å². The molecule has 2 N–H and O–H groups in total. The Hall–Kier alpha value is -0.240. The average molecular weight is 291 g/mol. The van der Waals surface area contributed by atoms with Crippen molar-refractivity contribution >= 4 is 0 Å². The maximum atomic E-state index is 9.79. The summed E-state index contributed by atoms with van der Waals surface area (Å²) in [7, 11) is 1.70. The SMILES string of the molecule is COC1(CNCC(O)COCCOC(C)C)CCOC1. The molecule has 20 heavy (non-hydrogen) atoms. The number of aliphatic hydroxyl groups excluding tert-OH is 1. The molecule has 1 aliphatic heterocycles. The maximum Gasteiger partial charge on any atom is 0.106 e. The first-order valence-electron chi connectivity index (χ1n) is 7.29. The van der Waals surface area contributed by atoms with Crippen LogP contribution in [0, 0.1) is 0 Å². The molecule has 1 aliphatic rings. The number of nitrogens with one attached hydrogen (secondary N) is 1. The van der Waals surface area contributed by atoms with Crippen molar-refractivity contribution in [2.24, 2.45) is 0 Å². The van der Waals surface area contributed by atoms with Crippen molar-refractivity contribution in [3.05, 3.63) is 0 Å². The van der Waals surface area contributed by atoms with E-state index in [2.05, 4.69) is 5.32 Å². The molecule has 120 valence electrons. The Morgan fingerprint density at radius 1 is 1.35 bits per heavy atom. The molecule has 0 aromatic heterocycles. The van der Waals surface area contributed by atoms with Crippen LogP contribution in [-0.2, 0) is 18.9 Å². The minimum atomic E-state index is -0.523. The molecular weight excluding hydrogens is 262 g/mol. The summed E-state index contributed by atoms with van der Waals surface area (Å²) in [5.74, 6) is 0. The van der Waals surface area contributed by atoms with Gasteiger partial charge in [0.15, 0.2) is 0 Å². The topological polar surface area (TPSA) is 69.2 Å². The molecule has 0 aromatic carbocycles. The lowest BCUT2D eigenvalue weighted by atomic mass is 10.0. The second-order valence-corrected chi connectivity index (χ2v) is 5.47. The minimum Gasteiger partial charge on any atom is -0.389 e. The van der Waals surface area contributed by atoms with Crippen molar-refractivity contribution in [1.29, 1.82) is 0 Å². The van der Waals surface area contributed by atoms with Gasteiger partial charge < -0.3 is 29.4 Å². The summed E-state index contributed by atoms with van der Waals surface area (Å²) >= 11 is 0. The van der Waals surface area contributed by atoms with Gasteiger partial charge in [-0.2, -0.15) is 0 Å². The molecule has 0 amide bonds. The summed E-state index contributed by atoms with van der Waals surface area (Å²) in [4.78, 5) is 0. The summed E-state index contributed by atoms with van der Waals surface area (Å²) in [5.41, 5.74) is -0.244. The Bertz CT molecular complexity index is 244. The lowest BCUT2D eigenvalue weighted by molar-refractivity contribution is -0.0245. The minimum absolute atomic E-state index is 0.212. The fraction of sp³-hybridized carbons (Fsp3) is 1.00. The molecule has 1 saturated heterocycles. The van der Waals surface area contributed by atoms with Crippen LogP contribution in [0.2, 0.25) is 0 Å². The summed E-state index contributed by atoms with van der Waals surface area (Å²) < 4.78 is 21.5. The smallest absolute Gasteiger partial charge is 0.106 e. The zero-order chi connectivity index (χ0) is 14.8. The molecule has 0 radical (unpaired) electrons. The number of ether oxygens (including phenoxy) is 4. The lowest BCUT2D eigenvalue weighted by Gasteiger charge is -2.26. The second-order valence-electron chi connectivity index (χ2n) is 5.47. The van der Waals surface area contributed by atoms with Gasteiger partial charge in [-0.25, -0.2) is 0 Å². The molecule has 0 aromatic rings. The molecule has 2 unspecified atom stereocenters. The van der Waals surface area contributed by atoms with E-state index in [0.29, 0.717) is 39.5 Å². The molecule has 0 spiro atoms. The van der Waals surface area contributed by atoms with E-state index in [9.17, 15) is 5.11 Å². The first-order valence-corrected chi connectivity index (χ1v) is 7.29. The zero-order valence-electron chi connectivity index (χ0n) is 12.9. The Morgan fingerprint density at radius 3 is 2.75 bits per heavy atom. The number of aliphatic hydroxyl groups is 1. The predicted octanol–water partition coefficient (Wildman–Crippen LogP) is 0.184. The summed E-state index contributed by atoms with van der Waals surface area (Å²) in [5, 5.41) is 13.0. The van der Waals surface area contributed by atoms with Gasteiger partial charge in [-0.15, -0.1) is 0 Å². The zero-order valence-corrected chi connectivity index (χ0v) is 12.9. The van der Waals surface area contributed by atoms with Crippen LogP contribution in [0.5, 0.6) is 0 Å². The Kier molecular flexibility index (Phi) is 8.60. The largest absolute Gasteiger partial charge is 0.389 e. The summed E-state index contributed by atoms with van der Waals surface area (Å²) in [6, 6.07) is 0. The van der Waals surface area contributed by atoms with E-state index < -0.39 is 6.10 Å². The second kappa shape index (κ2) is 9.65. The van der Waals surface area contributed by atoms with Crippen LogP contribution in [0.15, 0.2) is 0 Å². The molecule has 1 heterocycles. The monoisotopic (exact) mass is 291 g/mol. The van der Waals surface area contributed by atoms with Crippen LogP contribution in [0.3, 0.4) is 0 Å². The third-order valence-electron chi connectivity index (χ3n) is 3.32. The van der Waals surface area contributed by atoms with Crippen LogP contribution in [0.1, 0.15) is 20.3 Å². The average Bonchev–Trinajstić information content (AvgIpc) is 2.87. The van der Waals surface area contributed by atoms with Crippen LogP contribution in [-0.4, -0.2) is 76.1 Å². The Morgan fingerprint density at radius 2 is 2.15 bits per heavy atom. The van der Waals surface area contributed by atoms with E-state index in [1.807, 2.05) is 13.8 Å². The van der Waals surface area contributed by atoms with Gasteiger partial charge >= 0.3 is 0 Å². The van der Waals surface area contributed by atoms with Gasteiger partial charge in [0.05, 0.1) is 38.6 Å². The van der Waals surface area contributed by atoms with E-state index in [-0.39, 0.29) is 11.7 Å². The molecule has 6 nitrogen and oxygen atoms in total. The third-order valence-corrected chi connectivity index (χ3v) is 3.32. The molecular formula is C14H29NO5. The van der Waals surface area contributed by atoms with Gasteiger partial charge in [0, 0.05) is 33.2 Å². The predicted molar refractivity (Wildman–Crippen MR) is 76.0 cm³/mol. The quantitative estimate of drug-likeness (QED) is 0.530. The molecule has 1 fully saturated rings. The highest BCUT2D eigenvalue weighted by Gasteiger charge is 2.34. The van der Waals surface area contributed by atoms with Gasteiger partial charge in [-0.1, -0.05) is 0 Å². The normalized spacial score (nSPS) is 24.4. The van der Waals surface area contributed by atoms with Crippen LogP contribution >= 0.6 is 0 Å². The molecule has 1 rings (SSSR count). The van der Waals surface area contributed by atoms with Crippen molar-refractivity contribution in [3.63, 3.8) is 0 Å². The highest BCUT2D eigenvalue weighted by Crippen LogP contribution is 2.21. The van der Waals surface area contributed by atoms with Gasteiger partial charge in [0.2, 0.25) is 0 Å². The van der Waals surface area contributed by atoms with Crippen LogP contribution < -0.4 is 5.32 Å². The van der Waals surface area contributed by atoms with Crippen LogP contribution in [0.4, 0.5) is 0 Å². The summed E-state index contributed by atoms with van der Waals surface area (Å²) in [6.45, 7) is 7.84. The Balaban J connectivity index is 2.01. The fourth-order valence-electron chi connectivity index (χ4n) is 2.05. The van der Waals surface area contributed by atoms with Gasteiger partial charge in [-0.3, -0.25) is 0 Å². The van der Waals surface area contributed by atoms with Crippen molar-refractivity contribution in [3.8, 4) is 0 Å². The highest BCUT2D eigenvalue weighted by molar-refractivity contribution is 4.87. The lowest BCUT2D eigenvalue weighted by Crippen LogP contribution is -2.45. The molecule has 6 heteroatoms. The van der Waals surface area contributed by atoms with Crippen molar-refractivity contribution in [2.75, 3.05) is 53.2 Å². The van der Waals surface area contributed by atoms with Gasteiger partial charge in [0.25, 0.3) is 0 Å². The van der Waals surface area contributed by atoms with Gasteiger partial charge in [-0.05, 0) is 13.8 Å². The van der Waals surface area contributed by atoms with Crippen molar-refractivity contribution in [1.82, 2.24) is 5.32 Å². The maximum absolute atomic E-state index is 9.79. The Labute approximate surface area is 121 Å². The molecule has 0 aliphatic carbocycles. The summed E-state index contributed by atoms with van der Waals surface area (Å²) in [6.07, 6.45) is 0.574. The first kappa shape index (κ1) is 17.8. The van der Waals surface area contributed by atoms with Crippen molar-refractivity contribution in [2.45, 2.75) is 38.1 Å². The molecule has 2 atom stereocenters. The third kappa shape index (κ3) is 6.97. The standard InChI is InChI=1S/C14H29NO5/c1-12(2)20-7-6-18-9-13(16)8-15-10-14(17-3)4-5-19-11-14/h12-13,15-16H,4-11H2,1-3H3. The molecule has 0 bridgehead atoms. The fourth-order valence-corrected chi connectivity index (χ4v) is 2.05. The van der Waals surface area contributed by atoms with E-state index >= 15 is 0 Å². The van der Waals surface area contributed by atoms with E-state index in [1.165, 1.54) is 0 Å². The first-order chi connectivity index (χ1) is 9.58. The van der Waals surface area contributed by atoms with Gasteiger partial charge in [0.1, 0.15) is 5.60 Å². The highest BCUT2D eigenvalue weighted by atomic mass is 16.6.